The molecule has 0 fully saturated rings. The van der Waals surface area contributed by atoms with Crippen molar-refractivity contribution in [1.82, 2.24) is 4.90 Å². The Kier molecular flexibility index (Phi) is 9.79. The minimum atomic E-state index is -3.33. The minimum Gasteiger partial charge on any atom is -0.497 e. The van der Waals surface area contributed by atoms with Gasteiger partial charge in [0.05, 0.1) is 19.6 Å². The zero-order chi connectivity index (χ0) is 26.9. The molecule has 0 atom stereocenters. The van der Waals surface area contributed by atoms with Crippen LogP contribution in [0.2, 0.25) is 0 Å². The van der Waals surface area contributed by atoms with Crippen LogP contribution in [-0.4, -0.2) is 61.1 Å². The first-order valence-corrected chi connectivity index (χ1v) is 15.4. The molecule has 37 heavy (non-hydrogen) atoms. The van der Waals surface area contributed by atoms with Gasteiger partial charge in [-0.15, -0.1) is 0 Å². The lowest BCUT2D eigenvalue weighted by Gasteiger charge is -2.23. The zero-order valence-electron chi connectivity index (χ0n) is 21.2. The van der Waals surface area contributed by atoms with Crippen LogP contribution in [0.4, 0.5) is 11.4 Å². The van der Waals surface area contributed by atoms with E-state index in [4.69, 9.17) is 9.47 Å². The third kappa shape index (κ3) is 10.7. The Balaban J connectivity index is 1.60. The van der Waals surface area contributed by atoms with Crippen molar-refractivity contribution >= 4 is 31.4 Å². The van der Waals surface area contributed by atoms with Crippen molar-refractivity contribution < 1.29 is 26.3 Å². The number of hydrogen-bond donors (Lipinski definition) is 2. The first-order valence-electron chi connectivity index (χ1n) is 11.6. The molecule has 0 heterocycles. The molecule has 0 aliphatic carbocycles. The molecule has 0 saturated carbocycles. The van der Waals surface area contributed by atoms with E-state index in [0.29, 0.717) is 30.3 Å². The third-order valence-corrected chi connectivity index (χ3v) is 6.59. The molecular weight excluding hydrogens is 514 g/mol. The Bertz CT molecular complexity index is 1340. The highest BCUT2D eigenvalue weighted by Crippen LogP contribution is 2.18. The van der Waals surface area contributed by atoms with Gasteiger partial charge in [-0.1, -0.05) is 24.3 Å². The number of benzene rings is 3. The Morgan fingerprint density at radius 2 is 1.16 bits per heavy atom. The molecule has 9 nitrogen and oxygen atoms in total. The molecule has 0 spiro atoms. The van der Waals surface area contributed by atoms with E-state index in [1.165, 1.54) is 0 Å². The van der Waals surface area contributed by atoms with Gasteiger partial charge in [-0.2, -0.15) is 0 Å². The van der Waals surface area contributed by atoms with E-state index >= 15 is 0 Å². The molecule has 3 aromatic carbocycles. The van der Waals surface area contributed by atoms with Gasteiger partial charge < -0.3 is 9.47 Å². The number of hydrogen-bond acceptors (Lipinski definition) is 7. The average molecular weight is 548 g/mol. The van der Waals surface area contributed by atoms with Crippen LogP contribution in [0.25, 0.3) is 0 Å². The molecule has 0 aromatic heterocycles. The standard InChI is InChI=1S/C26H33N3O6S2/c1-34-25-12-6-22(7-13-25)20-29(17-16-21-4-8-23(9-5-21)27-36(2,30)31)18-19-35-26-14-10-24(11-15-26)28-37(3,32)33/h4-15,27-28H,16-20H2,1-3H3. The van der Waals surface area contributed by atoms with Crippen molar-refractivity contribution in [2.45, 2.75) is 13.0 Å². The zero-order valence-corrected chi connectivity index (χ0v) is 22.8. The highest BCUT2D eigenvalue weighted by Gasteiger charge is 2.09. The van der Waals surface area contributed by atoms with Crippen LogP contribution in [0.3, 0.4) is 0 Å². The molecule has 3 rings (SSSR count). The Morgan fingerprint density at radius 3 is 1.68 bits per heavy atom. The summed E-state index contributed by atoms with van der Waals surface area (Å²) in [5.74, 6) is 1.45. The topological polar surface area (TPSA) is 114 Å². The molecular formula is C26H33N3O6S2. The summed E-state index contributed by atoms with van der Waals surface area (Å²) < 4.78 is 61.7. The smallest absolute Gasteiger partial charge is 0.229 e. The highest BCUT2D eigenvalue weighted by atomic mass is 32.2. The van der Waals surface area contributed by atoms with E-state index in [9.17, 15) is 16.8 Å². The predicted octanol–water partition coefficient (Wildman–Crippen LogP) is 3.56. The maximum atomic E-state index is 11.4. The lowest BCUT2D eigenvalue weighted by molar-refractivity contribution is 0.204. The first-order chi connectivity index (χ1) is 17.5. The molecule has 0 unspecified atom stereocenters. The maximum Gasteiger partial charge on any atom is 0.229 e. The average Bonchev–Trinajstić information content (AvgIpc) is 2.83. The monoisotopic (exact) mass is 547 g/mol. The predicted molar refractivity (Wildman–Crippen MR) is 147 cm³/mol. The van der Waals surface area contributed by atoms with Crippen molar-refractivity contribution in [3.05, 3.63) is 83.9 Å². The summed E-state index contributed by atoms with van der Waals surface area (Å²) in [7, 11) is -5.00. The summed E-state index contributed by atoms with van der Waals surface area (Å²) in [5.41, 5.74) is 3.25. The van der Waals surface area contributed by atoms with Gasteiger partial charge in [-0.05, 0) is 66.1 Å². The molecule has 0 radical (unpaired) electrons. The van der Waals surface area contributed by atoms with Gasteiger partial charge in [-0.25, -0.2) is 16.8 Å². The largest absolute Gasteiger partial charge is 0.497 e. The van der Waals surface area contributed by atoms with Crippen molar-refractivity contribution in [1.29, 1.82) is 0 Å². The molecule has 200 valence electrons. The Labute approximate surface area is 219 Å². The summed E-state index contributed by atoms with van der Waals surface area (Å²) in [6.07, 6.45) is 3.01. The summed E-state index contributed by atoms with van der Waals surface area (Å²) in [6.45, 7) is 2.61. The van der Waals surface area contributed by atoms with Gasteiger partial charge in [0.15, 0.2) is 0 Å². The van der Waals surface area contributed by atoms with E-state index in [0.717, 1.165) is 48.9 Å². The number of methoxy groups -OCH3 is 1. The summed E-state index contributed by atoms with van der Waals surface area (Å²) >= 11 is 0. The van der Waals surface area contributed by atoms with Crippen LogP contribution in [0.5, 0.6) is 11.5 Å². The normalized spacial score (nSPS) is 11.8. The van der Waals surface area contributed by atoms with Crippen LogP contribution < -0.4 is 18.9 Å². The molecule has 0 aliphatic rings. The van der Waals surface area contributed by atoms with Crippen LogP contribution in [0, 0.1) is 0 Å². The van der Waals surface area contributed by atoms with E-state index in [2.05, 4.69) is 14.3 Å². The third-order valence-electron chi connectivity index (χ3n) is 5.37. The molecule has 0 saturated heterocycles. The SMILES string of the molecule is COc1ccc(CN(CCOc2ccc(NS(C)(=O)=O)cc2)CCc2ccc(NS(C)(=O)=O)cc2)cc1. The molecule has 11 heteroatoms. The fourth-order valence-electron chi connectivity index (χ4n) is 3.63. The minimum absolute atomic E-state index is 0.451. The number of nitrogens with one attached hydrogen (secondary N) is 2. The maximum absolute atomic E-state index is 11.4. The lowest BCUT2D eigenvalue weighted by Crippen LogP contribution is -2.30. The summed E-state index contributed by atoms with van der Waals surface area (Å²) in [5, 5.41) is 0. The van der Waals surface area contributed by atoms with Gasteiger partial charge >= 0.3 is 0 Å². The number of sulfonamides is 2. The summed E-state index contributed by atoms with van der Waals surface area (Å²) in [4.78, 5) is 2.28. The molecule has 0 amide bonds. The second-order valence-corrected chi connectivity index (χ2v) is 12.2. The molecule has 2 N–H and O–H groups in total. The van der Waals surface area contributed by atoms with Crippen molar-refractivity contribution in [2.24, 2.45) is 0 Å². The fourth-order valence-corrected chi connectivity index (χ4v) is 4.75. The van der Waals surface area contributed by atoms with E-state index in [-0.39, 0.29) is 0 Å². The van der Waals surface area contributed by atoms with Gasteiger partial charge in [0, 0.05) is 31.0 Å². The number of ether oxygens (including phenoxy) is 2. The van der Waals surface area contributed by atoms with Gasteiger partial charge in [0.25, 0.3) is 0 Å². The summed E-state index contributed by atoms with van der Waals surface area (Å²) in [6, 6.07) is 22.1. The Morgan fingerprint density at radius 1 is 0.676 bits per heavy atom. The van der Waals surface area contributed by atoms with Crippen LogP contribution in [0.15, 0.2) is 72.8 Å². The van der Waals surface area contributed by atoms with Gasteiger partial charge in [0.2, 0.25) is 20.0 Å². The van der Waals surface area contributed by atoms with E-state index in [1.807, 2.05) is 36.4 Å². The highest BCUT2D eigenvalue weighted by molar-refractivity contribution is 7.92. The fraction of sp³-hybridized carbons (Fsp3) is 0.308. The number of rotatable bonds is 14. The van der Waals surface area contributed by atoms with Crippen molar-refractivity contribution in [3.63, 3.8) is 0 Å². The van der Waals surface area contributed by atoms with Crippen molar-refractivity contribution in [3.8, 4) is 11.5 Å². The molecule has 0 bridgehead atoms. The second-order valence-electron chi connectivity index (χ2n) is 8.69. The molecule has 0 aliphatic heterocycles. The molecule has 3 aromatic rings. The Hall–Kier alpha value is -3.28. The van der Waals surface area contributed by atoms with Gasteiger partial charge in [-0.3, -0.25) is 14.3 Å². The van der Waals surface area contributed by atoms with Gasteiger partial charge in [0.1, 0.15) is 18.1 Å². The first kappa shape index (κ1) is 28.3. The van der Waals surface area contributed by atoms with E-state index < -0.39 is 20.0 Å². The van der Waals surface area contributed by atoms with Crippen LogP contribution in [0.1, 0.15) is 11.1 Å². The van der Waals surface area contributed by atoms with E-state index in [1.54, 1.807) is 43.5 Å². The quantitative estimate of drug-likeness (QED) is 0.317. The van der Waals surface area contributed by atoms with Crippen LogP contribution in [-0.2, 0) is 33.0 Å². The number of nitrogens with zero attached hydrogens (tertiary/aromatic N) is 1. The van der Waals surface area contributed by atoms with Crippen molar-refractivity contribution in [2.75, 3.05) is 48.8 Å². The number of anilines is 2. The second kappa shape index (κ2) is 12.8. The lowest BCUT2D eigenvalue weighted by atomic mass is 10.1. The van der Waals surface area contributed by atoms with Crippen LogP contribution >= 0.6 is 0 Å².